The van der Waals surface area contributed by atoms with Crippen molar-refractivity contribution in [2.45, 2.75) is 47.0 Å². The predicted octanol–water partition coefficient (Wildman–Crippen LogP) is 3.97. The fraction of sp³-hybridized carbons (Fsp3) is 0.381. The summed E-state index contributed by atoms with van der Waals surface area (Å²) >= 11 is 0. The van der Waals surface area contributed by atoms with Crippen LogP contribution in [0.5, 0.6) is 0 Å². The highest BCUT2D eigenvalue weighted by molar-refractivity contribution is 6.01. The van der Waals surface area contributed by atoms with E-state index in [2.05, 4.69) is 17.2 Å². The van der Waals surface area contributed by atoms with Gasteiger partial charge in [-0.3, -0.25) is 9.59 Å². The van der Waals surface area contributed by atoms with E-state index < -0.39 is 18.5 Å². The topological polar surface area (TPSA) is 88.3 Å². The van der Waals surface area contributed by atoms with Crippen LogP contribution in [0, 0.1) is 13.8 Å². The van der Waals surface area contributed by atoms with Crippen LogP contribution in [0.4, 0.5) is 5.69 Å². The van der Waals surface area contributed by atoms with Crippen molar-refractivity contribution in [3.8, 4) is 0 Å². The Hall–Kier alpha value is -2.89. The molecule has 1 aromatic heterocycles. The minimum Gasteiger partial charge on any atom is -0.451 e. The Balaban J connectivity index is 1.91. The van der Waals surface area contributed by atoms with Gasteiger partial charge in [0.2, 0.25) is 0 Å². The van der Waals surface area contributed by atoms with Crippen molar-refractivity contribution in [1.29, 1.82) is 0 Å². The van der Waals surface area contributed by atoms with Crippen molar-refractivity contribution in [2.24, 2.45) is 0 Å². The van der Waals surface area contributed by atoms with Crippen LogP contribution in [0.2, 0.25) is 0 Å². The van der Waals surface area contributed by atoms with E-state index in [-0.39, 0.29) is 11.5 Å². The molecule has 0 spiro atoms. The number of carbonyl (C=O) groups is 3. The quantitative estimate of drug-likeness (QED) is 0.543. The number of H-pyrrole nitrogens is 1. The number of benzene rings is 1. The van der Waals surface area contributed by atoms with Gasteiger partial charge in [-0.1, -0.05) is 25.5 Å². The minimum absolute atomic E-state index is 0.125. The molecule has 0 atom stereocenters. The number of rotatable bonds is 8. The molecule has 2 aromatic rings. The molecule has 2 N–H and O–H groups in total. The predicted molar refractivity (Wildman–Crippen MR) is 104 cm³/mol. The van der Waals surface area contributed by atoms with Gasteiger partial charge in [0.1, 0.15) is 5.69 Å². The van der Waals surface area contributed by atoms with Crippen LogP contribution < -0.4 is 5.32 Å². The number of hydrogen-bond acceptors (Lipinski definition) is 4. The fourth-order valence-corrected chi connectivity index (χ4v) is 3.02. The molecule has 0 bridgehead atoms. The monoisotopic (exact) mass is 370 g/mol. The zero-order valence-electron chi connectivity index (χ0n) is 16.3. The van der Waals surface area contributed by atoms with Crippen LogP contribution in [-0.2, 0) is 16.0 Å². The first-order valence-corrected chi connectivity index (χ1v) is 9.09. The third-order valence-corrected chi connectivity index (χ3v) is 4.38. The van der Waals surface area contributed by atoms with Crippen molar-refractivity contribution < 1.29 is 19.1 Å². The van der Waals surface area contributed by atoms with Gasteiger partial charge in [-0.2, -0.15) is 0 Å². The Kier molecular flexibility index (Phi) is 6.93. The number of nitrogens with one attached hydrogen (secondary N) is 2. The highest BCUT2D eigenvalue weighted by atomic mass is 16.5. The summed E-state index contributed by atoms with van der Waals surface area (Å²) in [6.07, 6.45) is 3.28. The van der Waals surface area contributed by atoms with E-state index in [0.29, 0.717) is 22.5 Å². The number of hydrogen-bond donors (Lipinski definition) is 2. The normalized spacial score (nSPS) is 10.5. The van der Waals surface area contributed by atoms with E-state index >= 15 is 0 Å². The minimum atomic E-state index is -0.659. The molecule has 0 saturated carbocycles. The summed E-state index contributed by atoms with van der Waals surface area (Å²) in [5.41, 5.74) is 3.70. The van der Waals surface area contributed by atoms with Gasteiger partial charge in [-0.15, -0.1) is 0 Å². The molecule has 0 aliphatic heterocycles. The zero-order valence-corrected chi connectivity index (χ0v) is 16.3. The highest BCUT2D eigenvalue weighted by Crippen LogP contribution is 2.19. The number of esters is 1. The number of ketones is 1. The molecule has 1 amide bonds. The fourth-order valence-electron chi connectivity index (χ4n) is 3.02. The first kappa shape index (κ1) is 20.4. The summed E-state index contributed by atoms with van der Waals surface area (Å²) in [5.74, 6) is -1.20. The van der Waals surface area contributed by atoms with Crippen molar-refractivity contribution in [2.75, 3.05) is 11.9 Å². The second-order valence-electron chi connectivity index (χ2n) is 6.61. The Morgan fingerprint density at radius 1 is 1.11 bits per heavy atom. The first-order valence-electron chi connectivity index (χ1n) is 9.09. The molecule has 27 heavy (non-hydrogen) atoms. The summed E-state index contributed by atoms with van der Waals surface area (Å²) in [5, 5.41) is 2.70. The third-order valence-electron chi connectivity index (χ3n) is 4.38. The second kappa shape index (κ2) is 9.16. The van der Waals surface area contributed by atoms with Crippen LogP contribution in [0.3, 0.4) is 0 Å². The molecule has 0 aliphatic rings. The molecule has 0 radical (unpaired) electrons. The van der Waals surface area contributed by atoms with E-state index in [1.54, 1.807) is 13.8 Å². The first-order chi connectivity index (χ1) is 12.8. The van der Waals surface area contributed by atoms with E-state index in [1.807, 2.05) is 24.3 Å². The van der Waals surface area contributed by atoms with Crippen molar-refractivity contribution in [3.63, 3.8) is 0 Å². The van der Waals surface area contributed by atoms with E-state index in [1.165, 1.54) is 12.5 Å². The number of anilines is 1. The van der Waals surface area contributed by atoms with Crippen LogP contribution in [0.15, 0.2) is 24.3 Å². The molecule has 0 aliphatic carbocycles. The summed E-state index contributed by atoms with van der Waals surface area (Å²) in [6.45, 7) is 6.59. The molecule has 2 rings (SSSR count). The molecule has 1 heterocycles. The standard InChI is InChI=1S/C21H26N2O4/c1-5-6-7-16-8-10-17(11-9-16)23-18(25)12-27-21(26)20-13(2)19(15(4)24)14(3)22-20/h8-11,22H,5-7,12H2,1-4H3,(H,23,25). The van der Waals surface area contributed by atoms with Gasteiger partial charge >= 0.3 is 5.97 Å². The summed E-state index contributed by atoms with van der Waals surface area (Å²) in [7, 11) is 0. The number of carbonyl (C=O) groups excluding carboxylic acids is 3. The molecular formula is C21H26N2O4. The summed E-state index contributed by atoms with van der Waals surface area (Å²) in [6, 6.07) is 7.63. The lowest BCUT2D eigenvalue weighted by Crippen LogP contribution is -2.21. The Morgan fingerprint density at radius 3 is 2.33 bits per heavy atom. The Bertz CT molecular complexity index is 835. The number of ether oxygens (including phenoxy) is 1. The van der Waals surface area contributed by atoms with Crippen molar-refractivity contribution in [1.82, 2.24) is 4.98 Å². The number of amides is 1. The molecule has 1 aromatic carbocycles. The Morgan fingerprint density at radius 2 is 1.78 bits per heavy atom. The van der Waals surface area contributed by atoms with Gasteiger partial charge in [0, 0.05) is 16.9 Å². The van der Waals surface area contributed by atoms with Crippen LogP contribution in [-0.4, -0.2) is 29.3 Å². The third kappa shape index (κ3) is 5.29. The molecule has 144 valence electrons. The van der Waals surface area contributed by atoms with E-state index in [0.717, 1.165) is 19.3 Å². The largest absolute Gasteiger partial charge is 0.451 e. The Labute approximate surface area is 159 Å². The molecule has 0 saturated heterocycles. The molecule has 6 nitrogen and oxygen atoms in total. The van der Waals surface area contributed by atoms with Gasteiger partial charge in [-0.25, -0.2) is 4.79 Å². The van der Waals surface area contributed by atoms with E-state index in [4.69, 9.17) is 4.74 Å². The SMILES string of the molecule is CCCCc1ccc(NC(=O)COC(=O)c2[nH]c(C)c(C(C)=O)c2C)cc1. The number of unbranched alkanes of at least 4 members (excludes halogenated alkanes) is 1. The van der Waals surface area contributed by atoms with Gasteiger partial charge in [0.15, 0.2) is 12.4 Å². The van der Waals surface area contributed by atoms with Gasteiger partial charge in [0.25, 0.3) is 5.91 Å². The molecule has 0 fully saturated rings. The average Bonchev–Trinajstić information content (AvgIpc) is 2.93. The molecular weight excluding hydrogens is 344 g/mol. The molecule has 6 heteroatoms. The number of aryl methyl sites for hydroxylation is 2. The molecule has 0 unspecified atom stereocenters. The number of aromatic amines is 1. The smallest absolute Gasteiger partial charge is 0.355 e. The lowest BCUT2D eigenvalue weighted by Gasteiger charge is -2.07. The van der Waals surface area contributed by atoms with Gasteiger partial charge in [-0.05, 0) is 56.9 Å². The van der Waals surface area contributed by atoms with Gasteiger partial charge in [0.05, 0.1) is 0 Å². The maximum Gasteiger partial charge on any atom is 0.355 e. The lowest BCUT2D eigenvalue weighted by molar-refractivity contribution is -0.119. The second-order valence-corrected chi connectivity index (χ2v) is 6.61. The number of aromatic nitrogens is 1. The zero-order chi connectivity index (χ0) is 20.0. The van der Waals surface area contributed by atoms with Gasteiger partial charge < -0.3 is 15.0 Å². The lowest BCUT2D eigenvalue weighted by atomic mass is 10.1. The van der Waals surface area contributed by atoms with Crippen LogP contribution in [0.25, 0.3) is 0 Å². The maximum absolute atomic E-state index is 12.2. The maximum atomic E-state index is 12.2. The number of Topliss-reactive ketones (excluding diaryl/α,β-unsaturated/α-hetero) is 1. The van der Waals surface area contributed by atoms with E-state index in [9.17, 15) is 14.4 Å². The van der Waals surface area contributed by atoms with Crippen molar-refractivity contribution in [3.05, 3.63) is 52.3 Å². The summed E-state index contributed by atoms with van der Waals surface area (Å²) in [4.78, 5) is 38.7. The average molecular weight is 370 g/mol. The van der Waals surface area contributed by atoms with Crippen LogP contribution >= 0.6 is 0 Å². The van der Waals surface area contributed by atoms with Crippen LogP contribution in [0.1, 0.15) is 64.4 Å². The van der Waals surface area contributed by atoms with Crippen molar-refractivity contribution >= 4 is 23.3 Å². The summed E-state index contributed by atoms with van der Waals surface area (Å²) < 4.78 is 5.07. The highest BCUT2D eigenvalue weighted by Gasteiger charge is 2.21.